The summed E-state index contributed by atoms with van der Waals surface area (Å²) in [7, 11) is 0. The molecule has 0 aliphatic heterocycles. The van der Waals surface area contributed by atoms with Gasteiger partial charge in [0.05, 0.1) is 12.0 Å². The van der Waals surface area contributed by atoms with Crippen molar-refractivity contribution in [2.45, 2.75) is 25.5 Å². The predicted octanol–water partition coefficient (Wildman–Crippen LogP) is -0.0439. The van der Waals surface area contributed by atoms with Gasteiger partial charge in [-0.25, -0.2) is 0 Å². The highest BCUT2D eigenvalue weighted by Crippen LogP contribution is 2.21. The van der Waals surface area contributed by atoms with Crippen LogP contribution < -0.4 is 11.5 Å². The fourth-order valence-electron chi connectivity index (χ4n) is 1.77. The molecule has 0 saturated heterocycles. The van der Waals surface area contributed by atoms with Crippen molar-refractivity contribution in [2.24, 2.45) is 11.7 Å². The summed E-state index contributed by atoms with van der Waals surface area (Å²) < 4.78 is 0. The molecule has 7 nitrogen and oxygen atoms in total. The van der Waals surface area contributed by atoms with Crippen LogP contribution in [0.3, 0.4) is 0 Å². The fourth-order valence-corrected chi connectivity index (χ4v) is 1.77. The summed E-state index contributed by atoms with van der Waals surface area (Å²) in [4.78, 5) is 22.7. The first-order valence-electron chi connectivity index (χ1n) is 6.02. The summed E-state index contributed by atoms with van der Waals surface area (Å²) in [5.41, 5.74) is 11.5. The highest BCUT2D eigenvalue weighted by atomic mass is 16.4. The zero-order chi connectivity index (χ0) is 15.4. The minimum absolute atomic E-state index is 0.0668. The van der Waals surface area contributed by atoms with Gasteiger partial charge in [0.2, 0.25) is 0 Å². The number of nitrogen functional groups attached to an aromatic ring is 1. The Morgan fingerprint density at radius 1 is 1.35 bits per heavy atom. The number of phenols is 1. The van der Waals surface area contributed by atoms with Gasteiger partial charge in [-0.15, -0.1) is 0 Å². The van der Waals surface area contributed by atoms with Gasteiger partial charge in [0.15, 0.2) is 5.78 Å². The Balaban J connectivity index is 2.77. The summed E-state index contributed by atoms with van der Waals surface area (Å²) >= 11 is 0. The lowest BCUT2D eigenvalue weighted by atomic mass is 9.93. The molecule has 0 saturated carbocycles. The molecule has 0 aliphatic carbocycles. The minimum Gasteiger partial charge on any atom is -0.508 e. The van der Waals surface area contributed by atoms with Crippen LogP contribution in [0.2, 0.25) is 0 Å². The largest absolute Gasteiger partial charge is 0.508 e. The van der Waals surface area contributed by atoms with E-state index >= 15 is 0 Å². The van der Waals surface area contributed by atoms with E-state index in [1.54, 1.807) is 0 Å². The summed E-state index contributed by atoms with van der Waals surface area (Å²) in [5, 5.41) is 27.7. The number of aromatic hydroxyl groups is 1. The van der Waals surface area contributed by atoms with E-state index in [0.29, 0.717) is 0 Å². The third-order valence-electron chi connectivity index (χ3n) is 3.10. The Hall–Kier alpha value is -2.12. The second-order valence-corrected chi connectivity index (χ2v) is 4.68. The number of nitrogens with two attached hydrogens (primary N) is 2. The van der Waals surface area contributed by atoms with Crippen LogP contribution in [0.5, 0.6) is 5.75 Å². The van der Waals surface area contributed by atoms with Gasteiger partial charge in [0, 0.05) is 29.8 Å². The zero-order valence-corrected chi connectivity index (χ0v) is 11.0. The molecule has 20 heavy (non-hydrogen) atoms. The van der Waals surface area contributed by atoms with E-state index in [0.717, 1.165) is 0 Å². The molecule has 0 amide bonds. The number of anilines is 1. The minimum atomic E-state index is -1.34. The van der Waals surface area contributed by atoms with E-state index in [9.17, 15) is 19.8 Å². The molecule has 110 valence electrons. The van der Waals surface area contributed by atoms with Crippen molar-refractivity contribution >= 4 is 17.4 Å². The number of aliphatic carboxylic acids is 1. The second kappa shape index (κ2) is 6.36. The zero-order valence-electron chi connectivity index (χ0n) is 11.0. The van der Waals surface area contributed by atoms with Crippen molar-refractivity contribution in [2.75, 3.05) is 5.73 Å². The van der Waals surface area contributed by atoms with Crippen LogP contribution in [0.1, 0.15) is 23.7 Å². The first-order chi connectivity index (χ1) is 9.23. The maximum Gasteiger partial charge on any atom is 0.308 e. The number of hydrogen-bond donors (Lipinski definition) is 5. The first kappa shape index (κ1) is 15.9. The number of hydrogen-bond acceptors (Lipinski definition) is 6. The van der Waals surface area contributed by atoms with Gasteiger partial charge >= 0.3 is 5.97 Å². The van der Waals surface area contributed by atoms with E-state index in [1.807, 2.05) is 0 Å². The summed E-state index contributed by atoms with van der Waals surface area (Å²) in [5.74, 6) is -2.76. The number of phenolic OH excluding ortho intramolecular Hbond substituents is 1. The molecule has 0 aliphatic rings. The molecular formula is C13H18N2O5. The van der Waals surface area contributed by atoms with Crippen molar-refractivity contribution in [3.05, 3.63) is 23.8 Å². The number of carboxylic acid groups (broad SMARTS) is 1. The molecule has 1 rings (SSSR count). The van der Waals surface area contributed by atoms with E-state index in [2.05, 4.69) is 0 Å². The second-order valence-electron chi connectivity index (χ2n) is 4.68. The molecule has 7 heteroatoms. The van der Waals surface area contributed by atoms with Gasteiger partial charge < -0.3 is 26.8 Å². The number of Topliss-reactive ketones (excluding diaryl/α,β-unsaturated/α-hetero) is 1. The van der Waals surface area contributed by atoms with Gasteiger partial charge in [0.25, 0.3) is 0 Å². The van der Waals surface area contributed by atoms with Crippen LogP contribution in [0.15, 0.2) is 18.2 Å². The monoisotopic (exact) mass is 282 g/mol. The molecule has 0 spiro atoms. The molecule has 1 aromatic rings. The van der Waals surface area contributed by atoms with Crippen LogP contribution >= 0.6 is 0 Å². The Labute approximate surface area is 115 Å². The molecular weight excluding hydrogens is 264 g/mol. The lowest BCUT2D eigenvalue weighted by molar-refractivity contribution is -0.145. The number of carboxylic acids is 1. The number of ketones is 1. The molecule has 0 bridgehead atoms. The Morgan fingerprint density at radius 2 is 1.95 bits per heavy atom. The summed E-state index contributed by atoms with van der Waals surface area (Å²) in [6.45, 7) is 1.31. The summed E-state index contributed by atoms with van der Waals surface area (Å²) in [6.07, 6.45) is -1.58. The maximum atomic E-state index is 12.0. The molecule has 0 aromatic heterocycles. The average molecular weight is 282 g/mol. The van der Waals surface area contributed by atoms with E-state index in [-0.39, 0.29) is 23.4 Å². The number of aliphatic hydroxyl groups is 1. The normalized spacial score (nSPS) is 15.3. The van der Waals surface area contributed by atoms with Gasteiger partial charge in [-0.1, -0.05) is 0 Å². The lowest BCUT2D eigenvalue weighted by Gasteiger charge is -2.21. The van der Waals surface area contributed by atoms with Gasteiger partial charge in [-0.3, -0.25) is 9.59 Å². The lowest BCUT2D eigenvalue weighted by Crippen LogP contribution is -2.43. The highest BCUT2D eigenvalue weighted by Gasteiger charge is 2.29. The molecule has 7 N–H and O–H groups in total. The van der Waals surface area contributed by atoms with Gasteiger partial charge in [-0.2, -0.15) is 0 Å². The van der Waals surface area contributed by atoms with Crippen LogP contribution in [-0.4, -0.2) is 39.2 Å². The predicted molar refractivity (Wildman–Crippen MR) is 72.2 cm³/mol. The topological polar surface area (TPSA) is 147 Å². The van der Waals surface area contributed by atoms with Gasteiger partial charge in [0.1, 0.15) is 5.75 Å². The van der Waals surface area contributed by atoms with Crippen LogP contribution in [0.4, 0.5) is 5.69 Å². The fraction of sp³-hybridized carbons (Fsp3) is 0.385. The molecule has 0 fully saturated rings. The van der Waals surface area contributed by atoms with Crippen molar-refractivity contribution in [3.8, 4) is 5.75 Å². The standard InChI is InChI=1S/C13H18N2O5/c1-6(13(19)20)12(18)10(15)5-11(17)8-3-2-7(16)4-9(8)14/h2-4,6,10,12,16,18H,5,14-15H2,1H3,(H,19,20)/t6-,10+,12+/m0/s1. The Morgan fingerprint density at radius 3 is 2.45 bits per heavy atom. The van der Waals surface area contributed by atoms with E-state index in [4.69, 9.17) is 16.6 Å². The number of aliphatic hydroxyl groups excluding tert-OH is 1. The average Bonchev–Trinajstić information content (AvgIpc) is 2.36. The third-order valence-corrected chi connectivity index (χ3v) is 3.10. The van der Waals surface area contributed by atoms with E-state index < -0.39 is 29.8 Å². The number of benzene rings is 1. The van der Waals surface area contributed by atoms with Gasteiger partial charge in [-0.05, 0) is 19.1 Å². The van der Waals surface area contributed by atoms with Crippen LogP contribution in [0.25, 0.3) is 0 Å². The quantitative estimate of drug-likeness (QED) is 0.363. The first-order valence-corrected chi connectivity index (χ1v) is 6.02. The molecule has 3 atom stereocenters. The Bertz CT molecular complexity index is 517. The smallest absolute Gasteiger partial charge is 0.308 e. The summed E-state index contributed by atoms with van der Waals surface area (Å²) in [6, 6.07) is 2.88. The van der Waals surface area contributed by atoms with Crippen molar-refractivity contribution in [1.82, 2.24) is 0 Å². The van der Waals surface area contributed by atoms with Crippen molar-refractivity contribution in [3.63, 3.8) is 0 Å². The Kier molecular flexibility index (Phi) is 5.06. The molecule has 0 heterocycles. The van der Waals surface area contributed by atoms with Crippen molar-refractivity contribution in [1.29, 1.82) is 0 Å². The highest BCUT2D eigenvalue weighted by molar-refractivity contribution is 6.01. The van der Waals surface area contributed by atoms with E-state index in [1.165, 1.54) is 25.1 Å². The van der Waals surface area contributed by atoms with Crippen LogP contribution in [0, 0.1) is 5.92 Å². The number of carbonyl (C=O) groups is 2. The number of rotatable bonds is 6. The third kappa shape index (κ3) is 3.69. The van der Waals surface area contributed by atoms with Crippen LogP contribution in [-0.2, 0) is 4.79 Å². The maximum absolute atomic E-state index is 12.0. The number of carbonyl (C=O) groups excluding carboxylic acids is 1. The molecule has 1 aromatic carbocycles. The van der Waals surface area contributed by atoms with Crippen molar-refractivity contribution < 1.29 is 24.9 Å². The molecule has 0 unspecified atom stereocenters. The molecule has 0 radical (unpaired) electrons. The SMILES string of the molecule is C[C@H](C(=O)O)[C@@H](O)[C@H](N)CC(=O)c1ccc(O)cc1N.